The second-order valence-electron chi connectivity index (χ2n) is 7.79. The van der Waals surface area contributed by atoms with E-state index in [1.54, 1.807) is 0 Å². The van der Waals surface area contributed by atoms with E-state index >= 15 is 0 Å². The van der Waals surface area contributed by atoms with Crippen molar-refractivity contribution in [2.45, 2.75) is 52.0 Å². The molecule has 1 aliphatic carbocycles. The van der Waals surface area contributed by atoms with Gasteiger partial charge in [-0.2, -0.15) is 0 Å². The van der Waals surface area contributed by atoms with E-state index in [0.717, 1.165) is 44.6 Å². The lowest BCUT2D eigenvalue weighted by Gasteiger charge is -2.22. The highest BCUT2D eigenvalue weighted by Crippen LogP contribution is 2.28. The Morgan fingerprint density at radius 3 is 2.85 bits per heavy atom. The smallest absolute Gasteiger partial charge is 0.191 e. The molecule has 2 fully saturated rings. The van der Waals surface area contributed by atoms with Crippen molar-refractivity contribution in [3.05, 3.63) is 29.8 Å². The van der Waals surface area contributed by atoms with Crippen LogP contribution in [0.4, 0.5) is 5.69 Å². The van der Waals surface area contributed by atoms with Crippen molar-refractivity contribution in [2.75, 3.05) is 44.3 Å². The van der Waals surface area contributed by atoms with Crippen LogP contribution in [0.2, 0.25) is 0 Å². The fourth-order valence-corrected chi connectivity index (χ4v) is 3.47. The Morgan fingerprint density at radius 2 is 2.11 bits per heavy atom. The van der Waals surface area contributed by atoms with E-state index in [1.807, 2.05) is 0 Å². The normalized spacial score (nSPS) is 18.6. The summed E-state index contributed by atoms with van der Waals surface area (Å²) < 4.78 is 5.70. The van der Waals surface area contributed by atoms with E-state index in [9.17, 15) is 0 Å². The van der Waals surface area contributed by atoms with E-state index in [0.29, 0.717) is 0 Å². The number of ether oxygens (including phenoxy) is 1. The van der Waals surface area contributed by atoms with Gasteiger partial charge in [0.25, 0.3) is 0 Å². The van der Waals surface area contributed by atoms with E-state index in [4.69, 9.17) is 9.73 Å². The van der Waals surface area contributed by atoms with Crippen LogP contribution in [0.3, 0.4) is 0 Å². The highest BCUT2D eigenvalue weighted by molar-refractivity contribution is 5.80. The third-order valence-electron chi connectivity index (χ3n) is 5.31. The summed E-state index contributed by atoms with van der Waals surface area (Å²) in [5, 5.41) is 6.91. The number of aliphatic imine (C=N–C) groups is 1. The summed E-state index contributed by atoms with van der Waals surface area (Å²) in [6.07, 6.45) is 6.29. The average molecular weight is 373 g/mol. The first-order chi connectivity index (χ1) is 13.3. The summed E-state index contributed by atoms with van der Waals surface area (Å²) in [6, 6.07) is 9.13. The predicted octanol–water partition coefficient (Wildman–Crippen LogP) is 3.72. The molecule has 1 aromatic rings. The largest absolute Gasteiger partial charge is 0.381 e. The van der Waals surface area contributed by atoms with E-state index in [-0.39, 0.29) is 6.04 Å². The topological polar surface area (TPSA) is 48.9 Å². The number of anilines is 1. The van der Waals surface area contributed by atoms with Gasteiger partial charge >= 0.3 is 0 Å². The second kappa shape index (κ2) is 10.5. The fraction of sp³-hybridized carbons (Fsp3) is 0.682. The van der Waals surface area contributed by atoms with Crippen molar-refractivity contribution < 1.29 is 4.74 Å². The molecule has 27 heavy (non-hydrogen) atoms. The zero-order valence-electron chi connectivity index (χ0n) is 17.0. The van der Waals surface area contributed by atoms with Gasteiger partial charge in [0.2, 0.25) is 0 Å². The van der Waals surface area contributed by atoms with Crippen LogP contribution in [-0.2, 0) is 4.74 Å². The number of benzene rings is 1. The minimum absolute atomic E-state index is 0.219. The minimum Gasteiger partial charge on any atom is -0.381 e. The Balaban J connectivity index is 1.48. The Hall–Kier alpha value is -1.75. The Labute approximate surface area is 164 Å². The van der Waals surface area contributed by atoms with Gasteiger partial charge in [0.05, 0.1) is 6.04 Å². The molecule has 1 unspecified atom stereocenters. The van der Waals surface area contributed by atoms with Gasteiger partial charge in [-0.15, -0.1) is 0 Å². The summed E-state index contributed by atoms with van der Waals surface area (Å²) in [6.45, 7) is 10.1. The Bertz CT molecular complexity index is 594. The molecule has 0 radical (unpaired) electrons. The quantitative estimate of drug-likeness (QED) is 0.373. The number of hydrogen-bond acceptors (Lipinski definition) is 3. The average Bonchev–Trinajstić information content (AvgIpc) is 3.34. The highest BCUT2D eigenvalue weighted by atomic mass is 16.5. The molecule has 1 aliphatic heterocycles. The number of guanidine groups is 1. The zero-order valence-corrected chi connectivity index (χ0v) is 17.0. The van der Waals surface area contributed by atoms with Crippen LogP contribution < -0.4 is 15.5 Å². The standard InChI is InChI=1S/C22H36N4O/c1-3-23-22(24-12-7-15-27-17-19-10-11-19)25-18(2)20-8-6-9-21(16-20)26-13-4-5-14-26/h6,8-9,16,18-19H,3-5,7,10-15,17H2,1-2H3,(H2,23,24,25). The molecule has 0 spiro atoms. The molecular formula is C22H36N4O. The molecule has 1 heterocycles. The first kappa shape index (κ1) is 20.0. The molecule has 1 aromatic carbocycles. The van der Waals surface area contributed by atoms with Crippen LogP contribution >= 0.6 is 0 Å². The highest BCUT2D eigenvalue weighted by Gasteiger charge is 2.20. The number of rotatable bonds is 10. The SMILES string of the molecule is CCNC(=NCCCOCC1CC1)NC(C)c1cccc(N2CCCC2)c1. The molecule has 5 heteroatoms. The van der Waals surface area contributed by atoms with E-state index in [1.165, 1.54) is 50.0 Å². The predicted molar refractivity (Wildman–Crippen MR) is 114 cm³/mol. The van der Waals surface area contributed by atoms with Crippen molar-refractivity contribution in [1.29, 1.82) is 0 Å². The molecule has 5 nitrogen and oxygen atoms in total. The molecule has 2 aliphatic rings. The van der Waals surface area contributed by atoms with Crippen LogP contribution in [0.25, 0.3) is 0 Å². The van der Waals surface area contributed by atoms with Gasteiger partial charge in [0.1, 0.15) is 0 Å². The molecule has 0 aromatic heterocycles. The Kier molecular flexibility index (Phi) is 7.81. The zero-order chi connectivity index (χ0) is 18.9. The summed E-state index contributed by atoms with van der Waals surface area (Å²) in [7, 11) is 0. The van der Waals surface area contributed by atoms with Gasteiger partial charge < -0.3 is 20.3 Å². The van der Waals surface area contributed by atoms with Gasteiger partial charge in [-0.25, -0.2) is 0 Å². The van der Waals surface area contributed by atoms with Crippen molar-refractivity contribution in [3.63, 3.8) is 0 Å². The summed E-state index contributed by atoms with van der Waals surface area (Å²) in [4.78, 5) is 7.20. The van der Waals surface area contributed by atoms with Crippen molar-refractivity contribution >= 4 is 11.6 Å². The summed E-state index contributed by atoms with van der Waals surface area (Å²) >= 11 is 0. The molecule has 2 N–H and O–H groups in total. The second-order valence-corrected chi connectivity index (χ2v) is 7.79. The lowest BCUT2D eigenvalue weighted by molar-refractivity contribution is 0.123. The van der Waals surface area contributed by atoms with Gasteiger partial charge in [0, 0.05) is 45.1 Å². The third kappa shape index (κ3) is 6.73. The van der Waals surface area contributed by atoms with E-state index < -0.39 is 0 Å². The molecule has 3 rings (SSSR count). The number of nitrogens with one attached hydrogen (secondary N) is 2. The number of hydrogen-bond donors (Lipinski definition) is 2. The summed E-state index contributed by atoms with van der Waals surface area (Å²) in [5.41, 5.74) is 2.64. The molecule has 0 bridgehead atoms. The lowest BCUT2D eigenvalue weighted by atomic mass is 10.1. The molecule has 1 saturated carbocycles. The van der Waals surface area contributed by atoms with Crippen molar-refractivity contribution in [2.24, 2.45) is 10.9 Å². The molecule has 1 atom stereocenters. The lowest BCUT2D eigenvalue weighted by Crippen LogP contribution is -2.38. The van der Waals surface area contributed by atoms with Gasteiger partial charge in [-0.3, -0.25) is 4.99 Å². The van der Waals surface area contributed by atoms with Crippen LogP contribution in [0, 0.1) is 5.92 Å². The van der Waals surface area contributed by atoms with Crippen LogP contribution in [0.15, 0.2) is 29.3 Å². The van der Waals surface area contributed by atoms with Crippen LogP contribution in [0.5, 0.6) is 0 Å². The van der Waals surface area contributed by atoms with Gasteiger partial charge in [0.15, 0.2) is 5.96 Å². The molecule has 0 amide bonds. The first-order valence-electron chi connectivity index (χ1n) is 10.7. The maximum Gasteiger partial charge on any atom is 0.191 e. The van der Waals surface area contributed by atoms with Gasteiger partial charge in [-0.05, 0) is 69.6 Å². The van der Waals surface area contributed by atoms with Crippen LogP contribution in [-0.4, -0.2) is 45.4 Å². The minimum atomic E-state index is 0.219. The molecule has 150 valence electrons. The van der Waals surface area contributed by atoms with Gasteiger partial charge in [-0.1, -0.05) is 12.1 Å². The maximum atomic E-state index is 5.70. The maximum absolute atomic E-state index is 5.70. The first-order valence-corrected chi connectivity index (χ1v) is 10.7. The fourth-order valence-electron chi connectivity index (χ4n) is 3.47. The van der Waals surface area contributed by atoms with Crippen molar-refractivity contribution in [3.8, 4) is 0 Å². The van der Waals surface area contributed by atoms with Crippen LogP contribution in [0.1, 0.15) is 57.6 Å². The monoisotopic (exact) mass is 372 g/mol. The third-order valence-corrected chi connectivity index (χ3v) is 5.31. The van der Waals surface area contributed by atoms with Crippen molar-refractivity contribution in [1.82, 2.24) is 10.6 Å². The molecule has 1 saturated heterocycles. The Morgan fingerprint density at radius 1 is 1.30 bits per heavy atom. The van der Waals surface area contributed by atoms with E-state index in [2.05, 4.69) is 53.6 Å². The summed E-state index contributed by atoms with van der Waals surface area (Å²) in [5.74, 6) is 1.73. The number of nitrogens with zero attached hydrogens (tertiary/aromatic N) is 2. The molecular weight excluding hydrogens is 336 g/mol.